The lowest BCUT2D eigenvalue weighted by Gasteiger charge is -2.31. The number of furan rings is 1. The summed E-state index contributed by atoms with van der Waals surface area (Å²) >= 11 is 0. The van der Waals surface area contributed by atoms with E-state index in [0.29, 0.717) is 43.4 Å². The lowest BCUT2D eigenvalue weighted by molar-refractivity contribution is -0.895. The molecule has 1 amide bonds. The fourth-order valence-corrected chi connectivity index (χ4v) is 4.65. The highest BCUT2D eigenvalue weighted by atomic mass is 32.2. The highest BCUT2D eigenvalue weighted by Gasteiger charge is 2.31. The Morgan fingerprint density at radius 3 is 2.48 bits per heavy atom. The number of aryl methyl sites for hydroxylation is 1. The quantitative estimate of drug-likeness (QED) is 0.743. The van der Waals surface area contributed by atoms with E-state index in [1.807, 2.05) is 19.9 Å². The summed E-state index contributed by atoms with van der Waals surface area (Å²) in [6, 6.07) is 10.3. The number of amides is 1. The second-order valence-electron chi connectivity index (χ2n) is 6.95. The van der Waals surface area contributed by atoms with Crippen molar-refractivity contribution in [2.24, 2.45) is 0 Å². The Balaban J connectivity index is 1.51. The molecule has 2 heterocycles. The minimum Gasteiger partial charge on any atom is -0.467 e. The van der Waals surface area contributed by atoms with Crippen molar-refractivity contribution in [1.82, 2.24) is 9.62 Å². The maximum Gasteiger partial charge on any atom is 0.275 e. The molecule has 1 atom stereocenters. The molecule has 1 saturated heterocycles. The zero-order valence-corrected chi connectivity index (χ0v) is 16.5. The second-order valence-corrected chi connectivity index (χ2v) is 8.89. The van der Waals surface area contributed by atoms with Gasteiger partial charge in [-0.3, -0.25) is 4.79 Å². The van der Waals surface area contributed by atoms with E-state index in [0.717, 1.165) is 10.5 Å². The molecule has 2 N–H and O–H groups in total. The Labute approximate surface area is 160 Å². The van der Waals surface area contributed by atoms with E-state index in [4.69, 9.17) is 4.42 Å². The van der Waals surface area contributed by atoms with E-state index < -0.39 is 10.0 Å². The smallest absolute Gasteiger partial charge is 0.275 e. The molecule has 1 aliphatic heterocycles. The van der Waals surface area contributed by atoms with Crippen molar-refractivity contribution in [1.29, 1.82) is 0 Å². The van der Waals surface area contributed by atoms with Crippen molar-refractivity contribution in [2.45, 2.75) is 24.8 Å². The summed E-state index contributed by atoms with van der Waals surface area (Å²) < 4.78 is 32.3. The van der Waals surface area contributed by atoms with Crippen molar-refractivity contribution in [2.75, 3.05) is 32.7 Å². The number of quaternary nitrogens is 1. The monoisotopic (exact) mass is 392 g/mol. The van der Waals surface area contributed by atoms with Crippen LogP contribution in [0.2, 0.25) is 0 Å². The van der Waals surface area contributed by atoms with Crippen LogP contribution in [0.1, 0.15) is 24.3 Å². The van der Waals surface area contributed by atoms with Crippen molar-refractivity contribution >= 4 is 15.9 Å². The Morgan fingerprint density at radius 2 is 1.89 bits per heavy atom. The summed E-state index contributed by atoms with van der Waals surface area (Å²) in [5.74, 6) is 0.649. The highest BCUT2D eigenvalue weighted by Crippen LogP contribution is 2.16. The number of sulfonamides is 1. The maximum absolute atomic E-state index is 12.7. The van der Waals surface area contributed by atoms with Gasteiger partial charge in [-0.05, 0) is 38.1 Å². The van der Waals surface area contributed by atoms with Crippen LogP contribution in [0.4, 0.5) is 0 Å². The van der Waals surface area contributed by atoms with Gasteiger partial charge >= 0.3 is 0 Å². The van der Waals surface area contributed by atoms with Crippen LogP contribution in [0.15, 0.2) is 52.0 Å². The van der Waals surface area contributed by atoms with Crippen LogP contribution in [-0.4, -0.2) is 51.4 Å². The van der Waals surface area contributed by atoms with Crippen molar-refractivity contribution in [3.8, 4) is 0 Å². The van der Waals surface area contributed by atoms with Gasteiger partial charge in [-0.2, -0.15) is 4.31 Å². The van der Waals surface area contributed by atoms with E-state index in [9.17, 15) is 13.2 Å². The van der Waals surface area contributed by atoms with Gasteiger partial charge in [0.1, 0.15) is 5.76 Å². The standard InChI is InChI=1S/C19H25N3O4S/c1-15-5-7-17(8-6-15)27(24,25)22-11-9-21(10-12-22)14-19(23)20-16(2)18-4-3-13-26-18/h3-8,13,16H,9-12,14H2,1-2H3,(H,20,23)/p+1/t16-/m1/s1. The Bertz CT molecular complexity index is 855. The van der Waals surface area contributed by atoms with Crippen LogP contribution < -0.4 is 10.2 Å². The number of piperazine rings is 1. The van der Waals surface area contributed by atoms with Crippen molar-refractivity contribution < 1.29 is 22.5 Å². The van der Waals surface area contributed by atoms with Crippen LogP contribution in [0, 0.1) is 6.92 Å². The molecule has 146 valence electrons. The van der Waals surface area contributed by atoms with Crippen LogP contribution >= 0.6 is 0 Å². The SMILES string of the molecule is Cc1ccc(S(=O)(=O)N2CC[NH+](CC(=O)N[C@H](C)c3ccco3)CC2)cc1. The fourth-order valence-electron chi connectivity index (χ4n) is 3.21. The molecule has 1 aliphatic rings. The van der Waals surface area contributed by atoms with Crippen molar-refractivity contribution in [3.63, 3.8) is 0 Å². The molecular formula is C19H26N3O4S+. The van der Waals surface area contributed by atoms with Gasteiger partial charge in [0.2, 0.25) is 10.0 Å². The molecule has 8 heteroatoms. The van der Waals surface area contributed by atoms with Gasteiger partial charge in [0.05, 0.1) is 43.4 Å². The summed E-state index contributed by atoms with van der Waals surface area (Å²) in [7, 11) is -3.47. The second kappa shape index (κ2) is 8.24. The molecule has 0 bridgehead atoms. The molecule has 1 aromatic heterocycles. The molecule has 1 aromatic carbocycles. The summed E-state index contributed by atoms with van der Waals surface area (Å²) in [6.07, 6.45) is 1.58. The van der Waals surface area contributed by atoms with E-state index >= 15 is 0 Å². The van der Waals surface area contributed by atoms with Crippen LogP contribution in [0.5, 0.6) is 0 Å². The molecular weight excluding hydrogens is 366 g/mol. The highest BCUT2D eigenvalue weighted by molar-refractivity contribution is 7.89. The van der Waals surface area contributed by atoms with Gasteiger partial charge in [0.25, 0.3) is 5.91 Å². The van der Waals surface area contributed by atoms with E-state index in [-0.39, 0.29) is 11.9 Å². The third kappa shape index (κ3) is 4.77. The fraction of sp³-hybridized carbons (Fsp3) is 0.421. The minimum absolute atomic E-state index is 0.0660. The van der Waals surface area contributed by atoms with Crippen LogP contribution in [0.25, 0.3) is 0 Å². The first-order chi connectivity index (χ1) is 12.9. The molecule has 0 spiro atoms. The molecule has 7 nitrogen and oxygen atoms in total. The van der Waals surface area contributed by atoms with Gasteiger partial charge in [-0.15, -0.1) is 0 Å². The average molecular weight is 393 g/mol. The third-order valence-electron chi connectivity index (χ3n) is 4.85. The number of benzene rings is 1. The Hall–Kier alpha value is -2.16. The number of rotatable bonds is 6. The number of carbonyl (C=O) groups is 1. The van der Waals surface area contributed by atoms with E-state index in [1.165, 1.54) is 4.31 Å². The lowest BCUT2D eigenvalue weighted by Crippen LogP contribution is -3.15. The summed E-state index contributed by atoms with van der Waals surface area (Å²) in [5, 5.41) is 2.92. The zero-order valence-electron chi connectivity index (χ0n) is 15.6. The molecule has 0 saturated carbocycles. The number of nitrogens with one attached hydrogen (secondary N) is 2. The molecule has 2 aromatic rings. The predicted octanol–water partition coefficient (Wildman–Crippen LogP) is 0.355. The molecule has 1 fully saturated rings. The topological polar surface area (TPSA) is 84.1 Å². The number of nitrogens with zero attached hydrogens (tertiary/aromatic N) is 1. The molecule has 0 unspecified atom stereocenters. The zero-order chi connectivity index (χ0) is 19.4. The molecule has 3 rings (SSSR count). The largest absolute Gasteiger partial charge is 0.467 e. The maximum atomic E-state index is 12.7. The van der Waals surface area contributed by atoms with Gasteiger partial charge < -0.3 is 14.6 Å². The predicted molar refractivity (Wildman–Crippen MR) is 101 cm³/mol. The Kier molecular flexibility index (Phi) is 5.98. The molecule has 27 heavy (non-hydrogen) atoms. The average Bonchev–Trinajstić information content (AvgIpc) is 3.17. The summed E-state index contributed by atoms with van der Waals surface area (Å²) in [6.45, 7) is 6.15. The van der Waals surface area contributed by atoms with E-state index in [1.54, 1.807) is 36.6 Å². The first kappa shape index (κ1) is 19.6. The number of carbonyl (C=O) groups excluding carboxylic acids is 1. The molecule has 0 aliphatic carbocycles. The van der Waals surface area contributed by atoms with Crippen LogP contribution in [0.3, 0.4) is 0 Å². The first-order valence-electron chi connectivity index (χ1n) is 9.09. The Morgan fingerprint density at radius 1 is 1.22 bits per heavy atom. The number of hydrogen-bond donors (Lipinski definition) is 2. The van der Waals surface area contributed by atoms with Gasteiger partial charge in [0.15, 0.2) is 6.54 Å². The summed E-state index contributed by atoms with van der Waals surface area (Å²) in [4.78, 5) is 13.6. The van der Waals surface area contributed by atoms with Gasteiger partial charge in [-0.1, -0.05) is 17.7 Å². The normalized spacial score (nSPS) is 17.6. The minimum atomic E-state index is -3.47. The van der Waals surface area contributed by atoms with E-state index in [2.05, 4.69) is 5.32 Å². The summed E-state index contributed by atoms with van der Waals surface area (Å²) in [5.41, 5.74) is 1.03. The first-order valence-corrected chi connectivity index (χ1v) is 10.5. The number of hydrogen-bond acceptors (Lipinski definition) is 4. The lowest BCUT2D eigenvalue weighted by atomic mass is 10.2. The van der Waals surface area contributed by atoms with Gasteiger partial charge in [0, 0.05) is 0 Å². The van der Waals surface area contributed by atoms with Crippen molar-refractivity contribution in [3.05, 3.63) is 54.0 Å². The molecule has 0 radical (unpaired) electrons. The van der Waals surface area contributed by atoms with Gasteiger partial charge in [-0.25, -0.2) is 8.42 Å². The third-order valence-corrected chi connectivity index (χ3v) is 6.76. The van der Waals surface area contributed by atoms with Crippen LogP contribution in [-0.2, 0) is 14.8 Å².